The van der Waals surface area contributed by atoms with Crippen molar-refractivity contribution in [2.24, 2.45) is 0 Å². The van der Waals surface area contributed by atoms with E-state index in [1.54, 1.807) is 16.8 Å². The number of halogens is 2. The average molecular weight is 483 g/mol. The van der Waals surface area contributed by atoms with Crippen LogP contribution in [0.15, 0.2) is 54.6 Å². The summed E-state index contributed by atoms with van der Waals surface area (Å²) in [6, 6.07) is 16.7. The molecule has 2 heterocycles. The van der Waals surface area contributed by atoms with Gasteiger partial charge in [0.15, 0.2) is 10.9 Å². The minimum absolute atomic E-state index is 0.226. The maximum Gasteiger partial charge on any atom is 0.176 e. The first kappa shape index (κ1) is 22.9. The van der Waals surface area contributed by atoms with Crippen LogP contribution in [0.1, 0.15) is 28.2 Å². The third-order valence-corrected chi connectivity index (χ3v) is 5.95. The predicted octanol–water partition coefficient (Wildman–Crippen LogP) is 5.70. The zero-order valence-electron chi connectivity index (χ0n) is 18.6. The van der Waals surface area contributed by atoms with Crippen LogP contribution >= 0.6 is 23.8 Å². The van der Waals surface area contributed by atoms with Gasteiger partial charge in [0, 0.05) is 22.3 Å². The lowest BCUT2D eigenvalue weighted by Crippen LogP contribution is -2.20. The molecule has 0 bridgehead atoms. The minimum atomic E-state index is -0.359. The Balaban J connectivity index is 1.45. The molecule has 2 aromatic carbocycles. The van der Waals surface area contributed by atoms with Crippen LogP contribution in [0.25, 0.3) is 0 Å². The van der Waals surface area contributed by atoms with Crippen LogP contribution in [0.3, 0.4) is 0 Å². The average Bonchev–Trinajstić information content (AvgIpc) is 3.24. The molecule has 9 heteroatoms. The zero-order chi connectivity index (χ0) is 23.5. The SMILES string of the molecule is Cc1nn(Cc2ccccc2)c(C)c1NC(=S)Nc1cc(C)n(Cc2c(F)cccc2Cl)n1. The highest BCUT2D eigenvalue weighted by Crippen LogP contribution is 2.23. The van der Waals surface area contributed by atoms with Crippen molar-refractivity contribution < 1.29 is 4.39 Å². The van der Waals surface area contributed by atoms with Gasteiger partial charge in [-0.25, -0.2) is 4.39 Å². The summed E-state index contributed by atoms with van der Waals surface area (Å²) in [4.78, 5) is 0. The molecule has 4 aromatic rings. The molecular weight excluding hydrogens is 459 g/mol. The van der Waals surface area contributed by atoms with Crippen molar-refractivity contribution in [3.63, 3.8) is 0 Å². The third kappa shape index (κ3) is 5.23. The van der Waals surface area contributed by atoms with Gasteiger partial charge >= 0.3 is 0 Å². The summed E-state index contributed by atoms with van der Waals surface area (Å²) in [5.74, 6) is 0.201. The maximum absolute atomic E-state index is 14.2. The molecule has 6 nitrogen and oxygen atoms in total. The van der Waals surface area contributed by atoms with Crippen molar-refractivity contribution in [3.05, 3.63) is 93.6 Å². The van der Waals surface area contributed by atoms with Crippen LogP contribution in [0.4, 0.5) is 15.9 Å². The van der Waals surface area contributed by atoms with Crippen molar-refractivity contribution in [1.82, 2.24) is 19.6 Å². The van der Waals surface area contributed by atoms with Crippen molar-refractivity contribution in [2.45, 2.75) is 33.9 Å². The quantitative estimate of drug-likeness (QED) is 0.345. The molecule has 4 rings (SSSR count). The molecule has 2 N–H and O–H groups in total. The second-order valence-corrected chi connectivity index (χ2v) is 8.61. The monoisotopic (exact) mass is 482 g/mol. The third-order valence-electron chi connectivity index (χ3n) is 5.39. The van der Waals surface area contributed by atoms with E-state index in [-0.39, 0.29) is 12.4 Å². The largest absolute Gasteiger partial charge is 0.329 e. The van der Waals surface area contributed by atoms with Gasteiger partial charge in [0.05, 0.1) is 30.2 Å². The Morgan fingerprint density at radius 1 is 0.970 bits per heavy atom. The van der Waals surface area contributed by atoms with E-state index in [0.717, 1.165) is 22.8 Å². The van der Waals surface area contributed by atoms with E-state index in [0.29, 0.717) is 28.1 Å². The van der Waals surface area contributed by atoms with Gasteiger partial charge in [-0.1, -0.05) is 48.0 Å². The van der Waals surface area contributed by atoms with Crippen molar-refractivity contribution >= 4 is 40.4 Å². The number of rotatable bonds is 6. The number of hydrogen-bond donors (Lipinski definition) is 2. The lowest BCUT2D eigenvalue weighted by atomic mass is 10.2. The summed E-state index contributed by atoms with van der Waals surface area (Å²) < 4.78 is 17.8. The maximum atomic E-state index is 14.2. The molecule has 0 saturated carbocycles. The van der Waals surface area contributed by atoms with Crippen LogP contribution in [0, 0.1) is 26.6 Å². The number of nitrogens with zero attached hydrogens (tertiary/aromatic N) is 4. The van der Waals surface area contributed by atoms with Crippen LogP contribution < -0.4 is 10.6 Å². The highest BCUT2D eigenvalue weighted by atomic mass is 35.5. The molecule has 0 radical (unpaired) electrons. The number of hydrogen-bond acceptors (Lipinski definition) is 3. The molecule has 0 aliphatic carbocycles. The van der Waals surface area contributed by atoms with E-state index >= 15 is 0 Å². The van der Waals surface area contributed by atoms with Crippen LogP contribution in [0.2, 0.25) is 5.02 Å². The van der Waals surface area contributed by atoms with Crippen molar-refractivity contribution in [1.29, 1.82) is 0 Å². The number of thiocarbonyl (C=S) groups is 1. The Labute approximate surface area is 202 Å². The first-order chi connectivity index (χ1) is 15.8. The van der Waals surface area contributed by atoms with Gasteiger partial charge < -0.3 is 10.6 Å². The molecule has 33 heavy (non-hydrogen) atoms. The van der Waals surface area contributed by atoms with E-state index in [1.165, 1.54) is 11.6 Å². The Morgan fingerprint density at radius 3 is 2.45 bits per heavy atom. The highest BCUT2D eigenvalue weighted by molar-refractivity contribution is 7.80. The summed E-state index contributed by atoms with van der Waals surface area (Å²) >= 11 is 11.7. The van der Waals surface area contributed by atoms with Gasteiger partial charge in [0.25, 0.3) is 0 Å². The lowest BCUT2D eigenvalue weighted by molar-refractivity contribution is 0.581. The zero-order valence-corrected chi connectivity index (χ0v) is 20.1. The van der Waals surface area contributed by atoms with Gasteiger partial charge in [0.2, 0.25) is 0 Å². The first-order valence-corrected chi connectivity index (χ1v) is 11.2. The van der Waals surface area contributed by atoms with Crippen molar-refractivity contribution in [3.8, 4) is 0 Å². The fourth-order valence-electron chi connectivity index (χ4n) is 3.61. The van der Waals surface area contributed by atoms with Crippen LogP contribution in [-0.2, 0) is 13.1 Å². The molecule has 0 unspecified atom stereocenters. The Kier molecular flexibility index (Phi) is 6.76. The van der Waals surface area contributed by atoms with E-state index in [1.807, 2.05) is 49.7 Å². The lowest BCUT2D eigenvalue weighted by Gasteiger charge is -2.10. The second kappa shape index (κ2) is 9.72. The molecule has 2 aromatic heterocycles. The summed E-state index contributed by atoms with van der Waals surface area (Å²) in [5, 5.41) is 16.3. The van der Waals surface area contributed by atoms with Crippen molar-refractivity contribution in [2.75, 3.05) is 10.6 Å². The number of nitrogens with one attached hydrogen (secondary N) is 2. The number of benzene rings is 2. The van der Waals surface area contributed by atoms with Gasteiger partial charge in [-0.3, -0.25) is 9.36 Å². The Hall–Kier alpha value is -3.23. The summed E-state index contributed by atoms with van der Waals surface area (Å²) in [7, 11) is 0. The number of aryl methyl sites for hydroxylation is 2. The Morgan fingerprint density at radius 2 is 1.73 bits per heavy atom. The summed E-state index contributed by atoms with van der Waals surface area (Å²) in [5.41, 5.74) is 5.11. The molecule has 0 amide bonds. The molecular formula is C24H24ClFN6S. The minimum Gasteiger partial charge on any atom is -0.329 e. The normalized spacial score (nSPS) is 10.9. The number of aromatic nitrogens is 4. The van der Waals surface area contributed by atoms with Gasteiger partial charge in [0.1, 0.15) is 5.82 Å². The summed E-state index contributed by atoms with van der Waals surface area (Å²) in [6.45, 7) is 6.74. The van der Waals surface area contributed by atoms with Gasteiger partial charge in [-0.2, -0.15) is 10.2 Å². The highest BCUT2D eigenvalue weighted by Gasteiger charge is 2.15. The molecule has 0 fully saturated rings. The predicted molar refractivity (Wildman–Crippen MR) is 135 cm³/mol. The van der Waals surface area contributed by atoms with E-state index in [4.69, 9.17) is 23.8 Å². The number of anilines is 2. The molecule has 0 aliphatic rings. The van der Waals surface area contributed by atoms with Gasteiger partial charge in [-0.15, -0.1) is 0 Å². The fourth-order valence-corrected chi connectivity index (χ4v) is 4.04. The summed E-state index contributed by atoms with van der Waals surface area (Å²) in [6.07, 6.45) is 0. The molecule has 0 spiro atoms. The van der Waals surface area contributed by atoms with Crippen LogP contribution in [-0.4, -0.2) is 24.7 Å². The molecule has 0 saturated heterocycles. The Bertz CT molecular complexity index is 1280. The first-order valence-electron chi connectivity index (χ1n) is 10.4. The molecule has 170 valence electrons. The molecule has 0 atom stereocenters. The second-order valence-electron chi connectivity index (χ2n) is 7.80. The fraction of sp³-hybridized carbons (Fsp3) is 0.208. The smallest absolute Gasteiger partial charge is 0.176 e. The van der Waals surface area contributed by atoms with Gasteiger partial charge in [-0.05, 0) is 50.7 Å². The molecule has 0 aliphatic heterocycles. The standard InChI is InChI=1S/C24H24ClFN6S/c1-15-12-22(30-31(15)14-19-20(25)10-7-11-21(19)26)27-24(33)28-23-16(2)29-32(17(23)3)13-18-8-5-4-6-9-18/h4-12H,13-14H2,1-3H3,(H2,27,28,30,33). The topological polar surface area (TPSA) is 59.7 Å². The van der Waals surface area contributed by atoms with E-state index in [2.05, 4.69) is 33.0 Å². The van der Waals surface area contributed by atoms with E-state index < -0.39 is 0 Å². The van der Waals surface area contributed by atoms with Crippen LogP contribution in [0.5, 0.6) is 0 Å². The van der Waals surface area contributed by atoms with E-state index in [9.17, 15) is 4.39 Å².